The van der Waals surface area contributed by atoms with E-state index in [-0.39, 0.29) is 42.5 Å². The highest BCUT2D eigenvalue weighted by atomic mass is 16.5. The Hall–Kier alpha value is -3.09. The molecule has 0 amide bonds. The number of phenolic OH excluding ortho intramolecular Hbond substituents is 2. The Morgan fingerprint density at radius 2 is 2.00 bits per heavy atom. The predicted molar refractivity (Wildman–Crippen MR) is 87.0 cm³/mol. The molecule has 1 aromatic rings. The van der Waals surface area contributed by atoms with Crippen LogP contribution in [0.15, 0.2) is 42.5 Å². The largest absolute Gasteiger partial charge is 0.504 e. The third-order valence-electron chi connectivity index (χ3n) is 3.73. The summed E-state index contributed by atoms with van der Waals surface area (Å²) in [6.45, 7) is 0. The number of ketones is 1. The van der Waals surface area contributed by atoms with Crippen molar-refractivity contribution in [2.24, 2.45) is 5.92 Å². The lowest BCUT2D eigenvalue weighted by Crippen LogP contribution is -2.30. The molecule has 1 aliphatic rings. The van der Waals surface area contributed by atoms with Crippen molar-refractivity contribution in [3.05, 3.63) is 48.1 Å². The van der Waals surface area contributed by atoms with Crippen LogP contribution in [0.2, 0.25) is 0 Å². The maximum absolute atomic E-state index is 11.9. The minimum Gasteiger partial charge on any atom is -0.504 e. The Kier molecular flexibility index (Phi) is 5.94. The van der Waals surface area contributed by atoms with Gasteiger partial charge in [-0.25, -0.2) is 4.79 Å². The number of phenols is 2. The van der Waals surface area contributed by atoms with Gasteiger partial charge >= 0.3 is 11.9 Å². The minimum absolute atomic E-state index is 0.00728. The number of rotatable bonds is 6. The number of carboxylic acid groups (broad SMARTS) is 1. The number of ether oxygens (including phenoxy) is 1. The summed E-state index contributed by atoms with van der Waals surface area (Å²) in [5, 5.41) is 27.3. The second kappa shape index (κ2) is 8.14. The topological polar surface area (TPSA) is 121 Å². The molecular weight excluding hydrogens is 328 g/mol. The van der Waals surface area contributed by atoms with Gasteiger partial charge in [0.25, 0.3) is 0 Å². The van der Waals surface area contributed by atoms with Crippen LogP contribution >= 0.6 is 0 Å². The standard InChI is InChI=1S/C18H18O7/c19-13-5-1-11(9-15(13)21)4-8-18(24)25-16-10-12(2-6-14(16)20)3-7-17(22)23/h1-3,5-7,9,12,16,19,21H,4,8,10H2,(H,22,23). The summed E-state index contributed by atoms with van der Waals surface area (Å²) in [5.74, 6) is -2.80. The molecule has 0 bridgehead atoms. The first-order valence-electron chi connectivity index (χ1n) is 7.68. The van der Waals surface area contributed by atoms with Crippen molar-refractivity contribution in [1.29, 1.82) is 0 Å². The van der Waals surface area contributed by atoms with Crippen LogP contribution in [0.5, 0.6) is 11.5 Å². The highest BCUT2D eigenvalue weighted by Crippen LogP contribution is 2.25. The summed E-state index contributed by atoms with van der Waals surface area (Å²) in [6.07, 6.45) is 4.84. The van der Waals surface area contributed by atoms with E-state index in [4.69, 9.17) is 9.84 Å². The zero-order valence-corrected chi connectivity index (χ0v) is 13.3. The normalized spacial score (nSPS) is 19.9. The Morgan fingerprint density at radius 1 is 1.24 bits per heavy atom. The Balaban J connectivity index is 1.88. The maximum atomic E-state index is 11.9. The van der Waals surface area contributed by atoms with Crippen molar-refractivity contribution in [1.82, 2.24) is 0 Å². The van der Waals surface area contributed by atoms with Gasteiger partial charge in [0.2, 0.25) is 0 Å². The van der Waals surface area contributed by atoms with Gasteiger partial charge in [-0.05, 0) is 36.1 Å². The van der Waals surface area contributed by atoms with Crippen LogP contribution in [0, 0.1) is 5.92 Å². The molecule has 0 spiro atoms. The second-order valence-electron chi connectivity index (χ2n) is 5.66. The van der Waals surface area contributed by atoms with Crippen LogP contribution in [0.1, 0.15) is 18.4 Å². The highest BCUT2D eigenvalue weighted by Gasteiger charge is 2.26. The number of hydrogen-bond donors (Lipinski definition) is 3. The number of aryl methyl sites for hydroxylation is 1. The SMILES string of the molecule is O=C(O)C=CC1C=CC(=O)C(OC(=O)CCc2ccc(O)c(O)c2)C1. The lowest BCUT2D eigenvalue weighted by Gasteiger charge is -2.21. The van der Waals surface area contributed by atoms with Crippen molar-refractivity contribution in [2.45, 2.75) is 25.4 Å². The van der Waals surface area contributed by atoms with E-state index in [1.54, 1.807) is 12.1 Å². The Morgan fingerprint density at radius 3 is 2.68 bits per heavy atom. The smallest absolute Gasteiger partial charge is 0.327 e. The molecule has 1 aliphatic carbocycles. The van der Waals surface area contributed by atoms with E-state index in [0.29, 0.717) is 5.56 Å². The van der Waals surface area contributed by atoms with Crippen LogP contribution in [-0.4, -0.2) is 39.1 Å². The van der Waals surface area contributed by atoms with Crippen molar-refractivity contribution in [2.75, 3.05) is 0 Å². The van der Waals surface area contributed by atoms with Gasteiger partial charge in [0, 0.05) is 18.9 Å². The third kappa shape index (κ3) is 5.49. The van der Waals surface area contributed by atoms with Gasteiger partial charge in [-0.1, -0.05) is 18.2 Å². The lowest BCUT2D eigenvalue weighted by molar-refractivity contribution is -0.154. The van der Waals surface area contributed by atoms with E-state index in [9.17, 15) is 24.6 Å². The number of allylic oxidation sites excluding steroid dienone is 2. The Bertz CT molecular complexity index is 733. The number of esters is 1. The van der Waals surface area contributed by atoms with Crippen LogP contribution in [0.25, 0.3) is 0 Å². The first-order chi connectivity index (χ1) is 11.8. The number of carbonyl (C=O) groups is 3. The molecule has 0 radical (unpaired) electrons. The fourth-order valence-corrected chi connectivity index (χ4v) is 2.41. The summed E-state index contributed by atoms with van der Waals surface area (Å²) in [7, 11) is 0. The zero-order valence-electron chi connectivity index (χ0n) is 13.3. The summed E-state index contributed by atoms with van der Waals surface area (Å²) in [6, 6.07) is 4.25. The van der Waals surface area contributed by atoms with E-state index in [2.05, 4.69) is 0 Å². The number of aliphatic carboxylic acids is 1. The molecule has 1 aromatic carbocycles. The molecule has 0 saturated heterocycles. The van der Waals surface area contributed by atoms with Gasteiger partial charge in [-0.3, -0.25) is 9.59 Å². The van der Waals surface area contributed by atoms with E-state index < -0.39 is 18.0 Å². The second-order valence-corrected chi connectivity index (χ2v) is 5.66. The molecule has 2 unspecified atom stereocenters. The maximum Gasteiger partial charge on any atom is 0.327 e. The molecule has 0 fully saturated rings. The number of hydrogen-bond acceptors (Lipinski definition) is 6. The number of carboxylic acids is 1. The average molecular weight is 346 g/mol. The molecule has 7 nitrogen and oxygen atoms in total. The van der Waals surface area contributed by atoms with Crippen molar-refractivity contribution in [3.63, 3.8) is 0 Å². The van der Waals surface area contributed by atoms with Crippen LogP contribution < -0.4 is 0 Å². The van der Waals surface area contributed by atoms with Crippen LogP contribution in [0.3, 0.4) is 0 Å². The van der Waals surface area contributed by atoms with Gasteiger partial charge in [0.1, 0.15) is 0 Å². The van der Waals surface area contributed by atoms with E-state index in [1.165, 1.54) is 24.3 Å². The monoisotopic (exact) mass is 346 g/mol. The molecule has 2 atom stereocenters. The summed E-state index contributed by atoms with van der Waals surface area (Å²) < 4.78 is 5.18. The summed E-state index contributed by atoms with van der Waals surface area (Å²) >= 11 is 0. The number of carbonyl (C=O) groups excluding carboxylic acids is 2. The van der Waals surface area contributed by atoms with E-state index >= 15 is 0 Å². The molecule has 7 heteroatoms. The number of benzene rings is 1. The van der Waals surface area contributed by atoms with Crippen LogP contribution in [0.4, 0.5) is 0 Å². The van der Waals surface area contributed by atoms with Gasteiger partial charge in [-0.2, -0.15) is 0 Å². The molecule has 0 heterocycles. The molecule has 2 rings (SSSR count). The minimum atomic E-state index is -1.09. The zero-order chi connectivity index (χ0) is 18.4. The fourth-order valence-electron chi connectivity index (χ4n) is 2.41. The first kappa shape index (κ1) is 18.3. The average Bonchev–Trinajstić information content (AvgIpc) is 2.56. The van der Waals surface area contributed by atoms with Gasteiger partial charge in [-0.15, -0.1) is 0 Å². The quantitative estimate of drug-likeness (QED) is 0.407. The molecular formula is C18H18O7. The molecule has 25 heavy (non-hydrogen) atoms. The van der Waals surface area contributed by atoms with Crippen molar-refractivity contribution < 1.29 is 34.4 Å². The fraction of sp³-hybridized carbons (Fsp3) is 0.278. The van der Waals surface area contributed by atoms with E-state index in [1.807, 2.05) is 0 Å². The van der Waals surface area contributed by atoms with Gasteiger partial charge in [0.15, 0.2) is 23.4 Å². The Labute approximate surface area is 143 Å². The molecule has 132 valence electrons. The van der Waals surface area contributed by atoms with Gasteiger partial charge in [0.05, 0.1) is 0 Å². The lowest BCUT2D eigenvalue weighted by atomic mass is 9.92. The highest BCUT2D eigenvalue weighted by molar-refractivity contribution is 5.95. The third-order valence-corrected chi connectivity index (χ3v) is 3.73. The van der Waals surface area contributed by atoms with Crippen molar-refractivity contribution >= 4 is 17.7 Å². The molecule has 0 aromatic heterocycles. The first-order valence-corrected chi connectivity index (χ1v) is 7.68. The summed E-state index contributed by atoms with van der Waals surface area (Å²) in [4.78, 5) is 34.3. The van der Waals surface area contributed by atoms with E-state index in [0.717, 1.165) is 6.08 Å². The summed E-state index contributed by atoms with van der Waals surface area (Å²) in [5.41, 5.74) is 0.643. The van der Waals surface area contributed by atoms with Crippen molar-refractivity contribution in [3.8, 4) is 11.5 Å². The van der Waals surface area contributed by atoms with Crippen LogP contribution in [-0.2, 0) is 25.5 Å². The van der Waals surface area contributed by atoms with Gasteiger partial charge < -0.3 is 20.1 Å². The molecule has 3 N–H and O–H groups in total. The molecule has 0 saturated carbocycles. The molecule has 0 aliphatic heterocycles. The number of aromatic hydroxyl groups is 2. The predicted octanol–water partition coefficient (Wildman–Crippen LogP) is 1.73.